The van der Waals surface area contributed by atoms with E-state index in [2.05, 4.69) is 218 Å². The van der Waals surface area contributed by atoms with E-state index in [4.69, 9.17) is 0 Å². The summed E-state index contributed by atoms with van der Waals surface area (Å²) in [4.78, 5) is 4.92. The molecule has 0 amide bonds. The van der Waals surface area contributed by atoms with Crippen LogP contribution in [0.1, 0.15) is 140 Å². The molecule has 2 heteroatoms. The summed E-state index contributed by atoms with van der Waals surface area (Å²) in [6.45, 7) is 36.7. The predicted octanol–water partition coefficient (Wildman–Crippen LogP) is 15.8. The van der Waals surface area contributed by atoms with Gasteiger partial charge in [0.05, 0.1) is 11.4 Å². The number of hydrogen-bond acceptors (Lipinski definition) is 2. The Morgan fingerprint density at radius 2 is 0.630 bits per heavy atom. The van der Waals surface area contributed by atoms with E-state index < -0.39 is 0 Å². The maximum atomic E-state index is 2.47. The van der Waals surface area contributed by atoms with Crippen molar-refractivity contribution in [3.63, 3.8) is 0 Å². The zero-order valence-electron chi connectivity index (χ0n) is 36.5. The first-order valence-corrected chi connectivity index (χ1v) is 20.2. The molecule has 0 saturated carbocycles. The standard InChI is InChI=1S/C52H68N2/c1-17-30-52(15,16)40-20-24-44(25-21-40)54(48-37(4)33-42(34-38(48)5)51(12,13)14)46-28-26-45(27-29-46)53(43-22-18-39(19-23-43)49(6,7)8)47-35(2)31-41(32-36(47)3)50(9,10)11/h18-29,31-34H,17,30H2,1-16H3. The molecule has 0 aliphatic rings. The van der Waals surface area contributed by atoms with Crippen LogP contribution < -0.4 is 9.80 Å². The Hall–Kier alpha value is -4.30. The molecule has 5 aromatic rings. The van der Waals surface area contributed by atoms with Crippen LogP contribution in [0.25, 0.3) is 0 Å². The quantitative estimate of drug-likeness (QED) is 0.150. The van der Waals surface area contributed by atoms with E-state index in [0.717, 1.165) is 23.5 Å². The van der Waals surface area contributed by atoms with Crippen LogP contribution >= 0.6 is 0 Å². The Morgan fingerprint density at radius 3 is 0.889 bits per heavy atom. The first-order chi connectivity index (χ1) is 25.0. The van der Waals surface area contributed by atoms with E-state index in [9.17, 15) is 0 Å². The lowest BCUT2D eigenvalue weighted by Crippen LogP contribution is -2.19. The number of anilines is 6. The van der Waals surface area contributed by atoms with Gasteiger partial charge in [0, 0.05) is 22.7 Å². The number of benzene rings is 5. The highest BCUT2D eigenvalue weighted by Gasteiger charge is 2.26. The molecule has 0 aliphatic carbocycles. The third kappa shape index (κ3) is 8.64. The van der Waals surface area contributed by atoms with Crippen molar-refractivity contribution in [3.05, 3.63) is 142 Å². The molecule has 0 spiro atoms. The van der Waals surface area contributed by atoms with E-state index in [0.29, 0.717) is 0 Å². The number of nitrogens with zero attached hydrogens (tertiary/aromatic N) is 2. The van der Waals surface area contributed by atoms with E-state index >= 15 is 0 Å². The van der Waals surface area contributed by atoms with Crippen LogP contribution in [-0.2, 0) is 21.7 Å². The van der Waals surface area contributed by atoms with Gasteiger partial charge in [0.15, 0.2) is 0 Å². The summed E-state index contributed by atoms with van der Waals surface area (Å²) >= 11 is 0. The minimum absolute atomic E-state index is 0.0723. The third-order valence-corrected chi connectivity index (χ3v) is 11.3. The molecule has 0 aromatic heterocycles. The van der Waals surface area contributed by atoms with E-state index in [1.54, 1.807) is 0 Å². The number of aryl methyl sites for hydroxylation is 4. The molecule has 0 aliphatic heterocycles. The van der Waals surface area contributed by atoms with Gasteiger partial charge in [-0.2, -0.15) is 0 Å². The van der Waals surface area contributed by atoms with Crippen molar-refractivity contribution in [2.45, 2.75) is 145 Å². The van der Waals surface area contributed by atoms with Crippen molar-refractivity contribution in [2.75, 3.05) is 9.80 Å². The normalized spacial score (nSPS) is 12.6. The monoisotopic (exact) mass is 721 g/mol. The van der Waals surface area contributed by atoms with Crippen molar-refractivity contribution in [2.24, 2.45) is 0 Å². The van der Waals surface area contributed by atoms with Gasteiger partial charge in [-0.25, -0.2) is 0 Å². The van der Waals surface area contributed by atoms with E-state index in [-0.39, 0.29) is 21.7 Å². The SMILES string of the molecule is CCCC(C)(C)c1ccc(N(c2ccc(N(c3ccc(C(C)(C)C)cc3)c3c(C)cc(C(C)(C)C)cc3C)cc2)c2c(C)cc(C(C)(C)C)cc2C)cc1. The first kappa shape index (κ1) is 40.9. The molecule has 0 atom stereocenters. The van der Waals surface area contributed by atoms with Gasteiger partial charge in [0.25, 0.3) is 0 Å². The van der Waals surface area contributed by atoms with Gasteiger partial charge in [0.2, 0.25) is 0 Å². The molecule has 0 fully saturated rings. The molecule has 286 valence electrons. The Bertz CT molecular complexity index is 2010. The average molecular weight is 721 g/mol. The fourth-order valence-corrected chi connectivity index (χ4v) is 7.99. The maximum Gasteiger partial charge on any atom is 0.0520 e. The highest BCUT2D eigenvalue weighted by atomic mass is 15.2. The van der Waals surface area contributed by atoms with Gasteiger partial charge in [-0.1, -0.05) is 138 Å². The van der Waals surface area contributed by atoms with Crippen LogP contribution in [-0.4, -0.2) is 0 Å². The summed E-state index contributed by atoms with van der Waals surface area (Å²) in [5.74, 6) is 0. The van der Waals surface area contributed by atoms with Crippen molar-refractivity contribution in [1.29, 1.82) is 0 Å². The summed E-state index contributed by atoms with van der Waals surface area (Å²) in [6.07, 6.45) is 2.33. The molecular weight excluding hydrogens is 653 g/mol. The van der Waals surface area contributed by atoms with Crippen molar-refractivity contribution < 1.29 is 0 Å². The third-order valence-electron chi connectivity index (χ3n) is 11.3. The van der Waals surface area contributed by atoms with Gasteiger partial charge < -0.3 is 9.80 Å². The Morgan fingerprint density at radius 1 is 0.370 bits per heavy atom. The van der Waals surface area contributed by atoms with Crippen molar-refractivity contribution in [3.8, 4) is 0 Å². The van der Waals surface area contributed by atoms with Crippen LogP contribution in [0.4, 0.5) is 34.1 Å². The Balaban J connectivity index is 1.69. The highest BCUT2D eigenvalue weighted by Crippen LogP contribution is 2.45. The van der Waals surface area contributed by atoms with Crippen LogP contribution in [0.3, 0.4) is 0 Å². The molecule has 0 radical (unpaired) electrons. The van der Waals surface area contributed by atoms with E-state index in [1.165, 1.54) is 68.0 Å². The summed E-state index contributed by atoms with van der Waals surface area (Å²) in [7, 11) is 0. The highest BCUT2D eigenvalue weighted by molar-refractivity contribution is 5.85. The van der Waals surface area contributed by atoms with Gasteiger partial charge in [-0.15, -0.1) is 0 Å². The maximum absolute atomic E-state index is 2.47. The van der Waals surface area contributed by atoms with Crippen LogP contribution in [0.2, 0.25) is 0 Å². The van der Waals surface area contributed by atoms with Crippen LogP contribution in [0, 0.1) is 27.7 Å². The van der Waals surface area contributed by atoms with Gasteiger partial charge >= 0.3 is 0 Å². The van der Waals surface area contributed by atoms with Gasteiger partial charge in [0.1, 0.15) is 0 Å². The molecule has 0 heterocycles. The molecule has 54 heavy (non-hydrogen) atoms. The Labute approximate surface area is 329 Å². The van der Waals surface area contributed by atoms with Crippen molar-refractivity contribution in [1.82, 2.24) is 0 Å². The minimum atomic E-state index is 0.0723. The zero-order chi connectivity index (χ0) is 40.0. The average Bonchev–Trinajstić information content (AvgIpc) is 3.07. The fourth-order valence-electron chi connectivity index (χ4n) is 7.99. The molecule has 0 bridgehead atoms. The van der Waals surface area contributed by atoms with Crippen LogP contribution in [0.15, 0.2) is 97.1 Å². The van der Waals surface area contributed by atoms with Crippen LogP contribution in [0.5, 0.6) is 0 Å². The fraction of sp³-hybridized carbons (Fsp3) is 0.423. The molecule has 0 N–H and O–H groups in total. The number of hydrogen-bond donors (Lipinski definition) is 0. The predicted molar refractivity (Wildman–Crippen MR) is 239 cm³/mol. The lowest BCUT2D eigenvalue weighted by atomic mass is 9.80. The molecule has 0 saturated heterocycles. The molecular formula is C52H68N2. The summed E-state index contributed by atoms with van der Waals surface area (Å²) in [6, 6.07) is 37.3. The summed E-state index contributed by atoms with van der Waals surface area (Å²) < 4.78 is 0. The summed E-state index contributed by atoms with van der Waals surface area (Å²) in [5, 5.41) is 0. The van der Waals surface area contributed by atoms with Gasteiger partial charge in [-0.3, -0.25) is 0 Å². The minimum Gasteiger partial charge on any atom is -0.310 e. The molecule has 5 aromatic carbocycles. The largest absolute Gasteiger partial charge is 0.310 e. The zero-order valence-corrected chi connectivity index (χ0v) is 36.5. The second-order valence-corrected chi connectivity index (χ2v) is 19.6. The summed E-state index contributed by atoms with van der Waals surface area (Å²) in [5.41, 5.74) is 18.1. The van der Waals surface area contributed by atoms with Gasteiger partial charge in [-0.05, 0) is 149 Å². The number of rotatable bonds is 9. The second kappa shape index (κ2) is 15.1. The molecule has 5 rings (SSSR count). The molecule has 0 unspecified atom stereocenters. The van der Waals surface area contributed by atoms with Crippen molar-refractivity contribution >= 4 is 34.1 Å². The van der Waals surface area contributed by atoms with E-state index in [1.807, 2.05) is 0 Å². The molecule has 2 nitrogen and oxygen atoms in total. The Kier molecular flexibility index (Phi) is 11.4. The second-order valence-electron chi connectivity index (χ2n) is 19.6. The smallest absolute Gasteiger partial charge is 0.0520 e. The first-order valence-electron chi connectivity index (χ1n) is 20.2. The lowest BCUT2D eigenvalue weighted by Gasteiger charge is -2.33. The lowest BCUT2D eigenvalue weighted by molar-refractivity contribution is 0.473. The topological polar surface area (TPSA) is 6.48 Å².